The zero-order valence-electron chi connectivity index (χ0n) is 9.08. The van der Waals surface area contributed by atoms with Crippen LogP contribution in [0.3, 0.4) is 0 Å². The molecule has 7 nitrogen and oxygen atoms in total. The molecule has 0 aromatic carbocycles. The molecule has 0 aliphatic heterocycles. The van der Waals surface area contributed by atoms with Gasteiger partial charge in [0.1, 0.15) is 6.04 Å². The third kappa shape index (κ3) is 4.02. The fourth-order valence-electron chi connectivity index (χ4n) is 1.11. The average Bonchev–Trinajstić information content (AvgIpc) is 2.77. The van der Waals surface area contributed by atoms with E-state index in [2.05, 4.69) is 14.7 Å². The van der Waals surface area contributed by atoms with Crippen molar-refractivity contribution in [1.82, 2.24) is 14.7 Å². The number of H-pyrrole nitrogens is 1. The molecule has 1 aromatic rings. The van der Waals surface area contributed by atoms with Crippen LogP contribution in [0.4, 0.5) is 0 Å². The number of thioether (sulfide) groups is 1. The van der Waals surface area contributed by atoms with Crippen molar-refractivity contribution in [3.8, 4) is 0 Å². The molecule has 1 aromatic heterocycles. The quantitative estimate of drug-likeness (QED) is 0.642. The molecule has 0 bridgehead atoms. The molecule has 0 radical (unpaired) electrons. The van der Waals surface area contributed by atoms with Crippen LogP contribution < -0.4 is 4.72 Å². The summed E-state index contributed by atoms with van der Waals surface area (Å²) in [5.41, 5.74) is 0. The van der Waals surface area contributed by atoms with Crippen molar-refractivity contribution in [2.45, 2.75) is 17.5 Å². The average molecular weight is 279 g/mol. The van der Waals surface area contributed by atoms with Gasteiger partial charge in [-0.05, 0) is 18.4 Å². The van der Waals surface area contributed by atoms with Crippen LogP contribution in [0.5, 0.6) is 0 Å². The Balaban J connectivity index is 2.76. The molecule has 0 aliphatic carbocycles. The molecule has 0 fully saturated rings. The fourth-order valence-corrected chi connectivity index (χ4v) is 2.71. The van der Waals surface area contributed by atoms with Gasteiger partial charge in [0.15, 0.2) is 5.03 Å². The van der Waals surface area contributed by atoms with Gasteiger partial charge in [-0.3, -0.25) is 4.79 Å². The van der Waals surface area contributed by atoms with Crippen LogP contribution >= 0.6 is 11.8 Å². The number of aromatic amines is 1. The number of rotatable bonds is 7. The lowest BCUT2D eigenvalue weighted by atomic mass is 10.2. The van der Waals surface area contributed by atoms with E-state index in [1.807, 2.05) is 6.26 Å². The first-order chi connectivity index (χ1) is 7.97. The van der Waals surface area contributed by atoms with Crippen molar-refractivity contribution in [3.05, 3.63) is 12.5 Å². The maximum atomic E-state index is 11.7. The highest BCUT2D eigenvalue weighted by molar-refractivity contribution is 7.98. The van der Waals surface area contributed by atoms with Crippen LogP contribution in [0, 0.1) is 0 Å². The van der Waals surface area contributed by atoms with Gasteiger partial charge in [0, 0.05) is 0 Å². The zero-order chi connectivity index (χ0) is 12.9. The topological polar surface area (TPSA) is 112 Å². The van der Waals surface area contributed by atoms with Crippen LogP contribution in [-0.2, 0) is 14.8 Å². The van der Waals surface area contributed by atoms with Gasteiger partial charge in [0.25, 0.3) is 10.0 Å². The highest BCUT2D eigenvalue weighted by Gasteiger charge is 2.25. The summed E-state index contributed by atoms with van der Waals surface area (Å²) in [5, 5.41) is 8.75. The number of aliphatic carboxylic acids is 1. The molecule has 0 saturated heterocycles. The Morgan fingerprint density at radius 3 is 2.88 bits per heavy atom. The minimum atomic E-state index is -3.85. The van der Waals surface area contributed by atoms with Crippen LogP contribution in [-0.4, -0.2) is 47.5 Å². The molecular weight excluding hydrogens is 266 g/mol. The largest absolute Gasteiger partial charge is 0.480 e. The molecule has 0 saturated carbocycles. The lowest BCUT2D eigenvalue weighted by molar-refractivity contribution is -0.139. The zero-order valence-corrected chi connectivity index (χ0v) is 10.7. The number of sulfonamides is 1. The fraction of sp³-hybridized carbons (Fsp3) is 0.500. The number of aromatic nitrogens is 2. The smallest absolute Gasteiger partial charge is 0.321 e. The molecule has 3 N–H and O–H groups in total. The highest BCUT2D eigenvalue weighted by atomic mass is 32.2. The number of carbonyl (C=O) groups is 1. The van der Waals surface area contributed by atoms with E-state index in [4.69, 9.17) is 5.11 Å². The summed E-state index contributed by atoms with van der Waals surface area (Å²) in [6.45, 7) is 0. The first-order valence-electron chi connectivity index (χ1n) is 4.70. The summed E-state index contributed by atoms with van der Waals surface area (Å²) < 4.78 is 25.6. The highest BCUT2D eigenvalue weighted by Crippen LogP contribution is 2.07. The number of hydrogen-bond donors (Lipinski definition) is 3. The predicted molar refractivity (Wildman–Crippen MR) is 63.3 cm³/mol. The number of hydrogen-bond acceptors (Lipinski definition) is 5. The van der Waals surface area contributed by atoms with Crippen LogP contribution in [0.2, 0.25) is 0 Å². The van der Waals surface area contributed by atoms with E-state index in [0.29, 0.717) is 5.75 Å². The molecule has 1 rings (SSSR count). The van der Waals surface area contributed by atoms with Gasteiger partial charge in [-0.25, -0.2) is 13.4 Å². The maximum Gasteiger partial charge on any atom is 0.321 e. The van der Waals surface area contributed by atoms with Gasteiger partial charge in [-0.2, -0.15) is 16.5 Å². The van der Waals surface area contributed by atoms with Crippen molar-refractivity contribution in [2.75, 3.05) is 12.0 Å². The normalized spacial score (nSPS) is 13.5. The van der Waals surface area contributed by atoms with Gasteiger partial charge in [-0.15, -0.1) is 0 Å². The minimum Gasteiger partial charge on any atom is -0.480 e. The van der Waals surface area contributed by atoms with E-state index in [9.17, 15) is 13.2 Å². The standard InChI is InChI=1S/C8H13N3O4S2/c1-16-3-2-6(8(12)13)11-17(14,15)7-4-9-5-10-7/h4-6,11H,2-3H2,1H3,(H,9,10)(H,12,13)/t6-/m0/s1. The van der Waals surface area contributed by atoms with E-state index in [1.165, 1.54) is 18.1 Å². The van der Waals surface area contributed by atoms with Gasteiger partial charge >= 0.3 is 5.97 Å². The van der Waals surface area contributed by atoms with Gasteiger partial charge in [0.05, 0.1) is 12.5 Å². The lowest BCUT2D eigenvalue weighted by Gasteiger charge is -2.13. The summed E-state index contributed by atoms with van der Waals surface area (Å²) >= 11 is 1.45. The van der Waals surface area contributed by atoms with Gasteiger partial charge < -0.3 is 10.1 Å². The summed E-state index contributed by atoms with van der Waals surface area (Å²) in [7, 11) is -3.85. The second kappa shape index (κ2) is 6.03. The number of carboxylic acid groups (broad SMARTS) is 1. The monoisotopic (exact) mass is 279 g/mol. The van der Waals surface area contributed by atoms with Crippen molar-refractivity contribution >= 4 is 27.8 Å². The molecule has 9 heteroatoms. The number of carboxylic acids is 1. The first-order valence-corrected chi connectivity index (χ1v) is 7.57. The number of nitrogens with zero attached hydrogens (tertiary/aromatic N) is 1. The summed E-state index contributed by atoms with van der Waals surface area (Å²) in [4.78, 5) is 16.9. The van der Waals surface area contributed by atoms with Crippen LogP contribution in [0.25, 0.3) is 0 Å². The third-order valence-electron chi connectivity index (χ3n) is 1.97. The molecule has 0 amide bonds. The molecule has 1 heterocycles. The van der Waals surface area contributed by atoms with Crippen molar-refractivity contribution in [2.24, 2.45) is 0 Å². The SMILES string of the molecule is CSCC[C@H](NS(=O)(=O)c1cnc[nH]1)C(=O)O. The first kappa shape index (κ1) is 14.0. The van der Waals surface area contributed by atoms with Gasteiger partial charge in [-0.1, -0.05) is 0 Å². The second-order valence-corrected chi connectivity index (χ2v) is 5.88. The lowest BCUT2D eigenvalue weighted by Crippen LogP contribution is -2.41. The maximum absolute atomic E-state index is 11.7. The molecule has 0 unspecified atom stereocenters. The Kier molecular flexibility index (Phi) is 4.97. The van der Waals surface area contributed by atoms with Crippen molar-refractivity contribution in [3.63, 3.8) is 0 Å². The Bertz CT molecular complexity index is 457. The second-order valence-electron chi connectivity index (χ2n) is 3.21. The minimum absolute atomic E-state index is 0.145. The van der Waals surface area contributed by atoms with E-state index in [1.54, 1.807) is 0 Å². The predicted octanol–water partition coefficient (Wildman–Crippen LogP) is -0.106. The molecule has 0 spiro atoms. The van der Waals surface area contributed by atoms with Crippen molar-refractivity contribution in [1.29, 1.82) is 0 Å². The Hall–Kier alpha value is -1.06. The molecule has 1 atom stereocenters. The van der Waals surface area contributed by atoms with Crippen LogP contribution in [0.1, 0.15) is 6.42 Å². The van der Waals surface area contributed by atoms with E-state index in [0.717, 1.165) is 6.20 Å². The summed E-state index contributed by atoms with van der Waals surface area (Å²) in [5.74, 6) is -0.634. The molecular formula is C8H13N3O4S2. The Morgan fingerprint density at radius 1 is 1.71 bits per heavy atom. The summed E-state index contributed by atoms with van der Waals surface area (Å²) in [6.07, 6.45) is 4.38. The Labute approximate surface area is 103 Å². The molecule has 17 heavy (non-hydrogen) atoms. The molecule has 0 aliphatic rings. The number of imidazole rings is 1. The van der Waals surface area contributed by atoms with E-state index in [-0.39, 0.29) is 11.4 Å². The third-order valence-corrected chi connectivity index (χ3v) is 4.01. The van der Waals surface area contributed by atoms with E-state index < -0.39 is 22.0 Å². The van der Waals surface area contributed by atoms with Gasteiger partial charge in [0.2, 0.25) is 0 Å². The molecule has 96 valence electrons. The summed E-state index contributed by atoms with van der Waals surface area (Å²) in [6, 6.07) is -1.13. The Morgan fingerprint density at radius 2 is 2.41 bits per heavy atom. The van der Waals surface area contributed by atoms with Crippen molar-refractivity contribution < 1.29 is 18.3 Å². The van der Waals surface area contributed by atoms with Crippen LogP contribution in [0.15, 0.2) is 17.6 Å². The van der Waals surface area contributed by atoms with E-state index >= 15 is 0 Å². The number of nitrogens with one attached hydrogen (secondary N) is 2.